The third kappa shape index (κ3) is 8.72. The van der Waals surface area contributed by atoms with Gasteiger partial charge in [0.1, 0.15) is 5.60 Å². The van der Waals surface area contributed by atoms with Crippen molar-refractivity contribution in [3.8, 4) is 0 Å². The van der Waals surface area contributed by atoms with Crippen LogP contribution in [-0.4, -0.2) is 71.5 Å². The van der Waals surface area contributed by atoms with Gasteiger partial charge >= 0.3 is 12.1 Å². The molecule has 0 aliphatic carbocycles. The molecule has 3 amide bonds. The van der Waals surface area contributed by atoms with Crippen molar-refractivity contribution in [1.29, 1.82) is 0 Å². The Bertz CT molecular complexity index is 976. The lowest BCUT2D eigenvalue weighted by atomic mass is 10.1. The van der Waals surface area contributed by atoms with E-state index in [1.807, 2.05) is 57.2 Å². The van der Waals surface area contributed by atoms with Crippen LogP contribution in [0.5, 0.6) is 0 Å². The number of amides is 3. The van der Waals surface area contributed by atoms with E-state index in [2.05, 4.69) is 15.5 Å². The minimum atomic E-state index is -0.563. The van der Waals surface area contributed by atoms with Crippen molar-refractivity contribution in [3.63, 3.8) is 0 Å². The molecule has 1 heterocycles. The highest BCUT2D eigenvalue weighted by molar-refractivity contribution is 6.30. The second-order valence-electron chi connectivity index (χ2n) is 9.69. The summed E-state index contributed by atoms with van der Waals surface area (Å²) in [7, 11) is 0. The smallest absolute Gasteiger partial charge is 0.410 e. The van der Waals surface area contributed by atoms with Gasteiger partial charge in [0.2, 0.25) is 0 Å². The number of hydrogen-bond donors (Lipinski definition) is 3. The van der Waals surface area contributed by atoms with Crippen LogP contribution in [0.2, 0.25) is 5.02 Å². The molecule has 190 valence electrons. The maximum absolute atomic E-state index is 12.4. The highest BCUT2D eigenvalue weighted by Gasteiger charge is 2.32. The Morgan fingerprint density at radius 1 is 1.06 bits per heavy atom. The first-order valence-electron chi connectivity index (χ1n) is 11.8. The van der Waals surface area contributed by atoms with Crippen molar-refractivity contribution in [3.05, 3.63) is 64.7 Å². The number of aliphatic hydroxyl groups is 1. The quantitative estimate of drug-likeness (QED) is 0.529. The average molecular weight is 503 g/mol. The molecule has 3 N–H and O–H groups in total. The molecular weight excluding hydrogens is 468 g/mol. The second-order valence-corrected chi connectivity index (χ2v) is 10.1. The van der Waals surface area contributed by atoms with Crippen molar-refractivity contribution < 1.29 is 19.4 Å². The van der Waals surface area contributed by atoms with E-state index in [1.165, 1.54) is 0 Å². The number of aliphatic hydroxyl groups excluding tert-OH is 1. The molecule has 2 aromatic rings. The van der Waals surface area contributed by atoms with Gasteiger partial charge in [-0.2, -0.15) is 0 Å². The van der Waals surface area contributed by atoms with Gasteiger partial charge in [-0.1, -0.05) is 35.9 Å². The van der Waals surface area contributed by atoms with Gasteiger partial charge in [0.25, 0.3) is 0 Å². The molecule has 9 heteroatoms. The van der Waals surface area contributed by atoms with Crippen LogP contribution in [0.1, 0.15) is 31.9 Å². The standard InChI is InChI=1S/C26H35ClN4O4/c1-26(2,3)35-25(34)31-15-14-30(17-23(31)18-32)13-12-19-6-10-22(11-7-19)29-24(33)28-16-20-4-8-21(27)9-5-20/h4-11,23,32H,12-18H2,1-3H3,(H2,28,29,33)/t23-/m1/s1. The molecule has 1 aliphatic heterocycles. The van der Waals surface area contributed by atoms with Gasteiger partial charge in [-0.25, -0.2) is 9.59 Å². The molecule has 2 aromatic carbocycles. The van der Waals surface area contributed by atoms with Crippen LogP contribution in [0.25, 0.3) is 0 Å². The van der Waals surface area contributed by atoms with Gasteiger partial charge in [-0.05, 0) is 62.6 Å². The van der Waals surface area contributed by atoms with Crippen LogP contribution in [0.4, 0.5) is 15.3 Å². The summed E-state index contributed by atoms with van der Waals surface area (Å²) < 4.78 is 5.47. The van der Waals surface area contributed by atoms with E-state index in [1.54, 1.807) is 17.0 Å². The predicted octanol–water partition coefficient (Wildman–Crippen LogP) is 4.12. The number of nitrogens with one attached hydrogen (secondary N) is 2. The summed E-state index contributed by atoms with van der Waals surface area (Å²) in [6, 6.07) is 14.5. The molecule has 0 saturated carbocycles. The number of benzene rings is 2. The number of urea groups is 1. The molecule has 35 heavy (non-hydrogen) atoms. The first-order chi connectivity index (χ1) is 16.6. The highest BCUT2D eigenvalue weighted by atomic mass is 35.5. The summed E-state index contributed by atoms with van der Waals surface area (Å²) in [6.45, 7) is 8.48. The summed E-state index contributed by atoms with van der Waals surface area (Å²) >= 11 is 5.88. The normalized spacial score (nSPS) is 16.6. The number of halogens is 1. The van der Waals surface area contributed by atoms with E-state index >= 15 is 0 Å². The van der Waals surface area contributed by atoms with Crippen molar-refractivity contribution in [2.24, 2.45) is 0 Å². The van der Waals surface area contributed by atoms with E-state index in [9.17, 15) is 14.7 Å². The summed E-state index contributed by atoms with van der Waals surface area (Å²) in [5.41, 5.74) is 2.27. The molecule has 1 atom stereocenters. The molecule has 0 radical (unpaired) electrons. The topological polar surface area (TPSA) is 94.1 Å². The predicted molar refractivity (Wildman–Crippen MR) is 138 cm³/mol. The van der Waals surface area contributed by atoms with Crippen molar-refractivity contribution >= 4 is 29.4 Å². The fraction of sp³-hybridized carbons (Fsp3) is 0.462. The maximum Gasteiger partial charge on any atom is 0.410 e. The molecule has 0 bridgehead atoms. The Labute approximate surface area is 212 Å². The lowest BCUT2D eigenvalue weighted by Crippen LogP contribution is -2.57. The zero-order chi connectivity index (χ0) is 25.4. The summed E-state index contributed by atoms with van der Waals surface area (Å²) in [5, 5.41) is 16.1. The molecule has 0 unspecified atom stereocenters. The molecule has 1 saturated heterocycles. The third-order valence-corrected chi connectivity index (χ3v) is 5.95. The molecular formula is C26H35ClN4O4. The Morgan fingerprint density at radius 2 is 1.71 bits per heavy atom. The van der Waals surface area contributed by atoms with E-state index < -0.39 is 5.60 Å². The van der Waals surface area contributed by atoms with Gasteiger partial charge in [0, 0.05) is 43.4 Å². The molecule has 0 spiro atoms. The number of piperazine rings is 1. The first-order valence-corrected chi connectivity index (χ1v) is 12.2. The number of carbonyl (C=O) groups excluding carboxylic acids is 2. The summed E-state index contributed by atoms with van der Waals surface area (Å²) in [5.74, 6) is 0. The van der Waals surface area contributed by atoms with Crippen molar-refractivity contribution in [1.82, 2.24) is 15.1 Å². The van der Waals surface area contributed by atoms with Gasteiger partial charge in [-0.3, -0.25) is 4.90 Å². The Hall–Kier alpha value is -2.81. The third-order valence-electron chi connectivity index (χ3n) is 5.70. The Balaban J connectivity index is 1.42. The minimum Gasteiger partial charge on any atom is -0.444 e. The number of ether oxygens (including phenoxy) is 1. The number of anilines is 1. The molecule has 1 fully saturated rings. The lowest BCUT2D eigenvalue weighted by molar-refractivity contribution is -0.0113. The Kier molecular flexibility index (Phi) is 9.37. The van der Waals surface area contributed by atoms with Gasteiger partial charge in [0.15, 0.2) is 0 Å². The molecule has 1 aliphatic rings. The fourth-order valence-corrected chi connectivity index (χ4v) is 3.97. The van der Waals surface area contributed by atoms with E-state index in [0.717, 1.165) is 30.6 Å². The lowest BCUT2D eigenvalue weighted by Gasteiger charge is -2.41. The zero-order valence-corrected chi connectivity index (χ0v) is 21.3. The van der Waals surface area contributed by atoms with Crippen molar-refractivity contribution in [2.75, 3.05) is 38.1 Å². The number of hydrogen-bond acceptors (Lipinski definition) is 5. The Morgan fingerprint density at radius 3 is 2.34 bits per heavy atom. The van der Waals surface area contributed by atoms with Crippen LogP contribution in [0, 0.1) is 0 Å². The number of carbonyl (C=O) groups is 2. The second kappa shape index (κ2) is 12.2. The van der Waals surface area contributed by atoms with Crippen molar-refractivity contribution in [2.45, 2.75) is 45.4 Å². The number of nitrogens with zero attached hydrogens (tertiary/aromatic N) is 2. The van der Waals surface area contributed by atoms with Crippen LogP contribution < -0.4 is 10.6 Å². The van der Waals surface area contributed by atoms with E-state index in [0.29, 0.717) is 30.3 Å². The average Bonchev–Trinajstić information content (AvgIpc) is 2.82. The van der Waals surface area contributed by atoms with Crippen LogP contribution >= 0.6 is 11.6 Å². The zero-order valence-electron chi connectivity index (χ0n) is 20.6. The molecule has 8 nitrogen and oxygen atoms in total. The minimum absolute atomic E-state index is 0.101. The molecule has 3 rings (SSSR count). The molecule has 0 aromatic heterocycles. The summed E-state index contributed by atoms with van der Waals surface area (Å²) in [4.78, 5) is 28.5. The highest BCUT2D eigenvalue weighted by Crippen LogP contribution is 2.17. The fourth-order valence-electron chi connectivity index (χ4n) is 3.84. The van der Waals surface area contributed by atoms with Gasteiger partial charge in [0.05, 0.1) is 12.6 Å². The van der Waals surface area contributed by atoms with E-state index in [4.69, 9.17) is 16.3 Å². The van der Waals surface area contributed by atoms with E-state index in [-0.39, 0.29) is 24.8 Å². The summed E-state index contributed by atoms with van der Waals surface area (Å²) in [6.07, 6.45) is 0.449. The largest absolute Gasteiger partial charge is 0.444 e. The van der Waals surface area contributed by atoms with Crippen LogP contribution in [-0.2, 0) is 17.7 Å². The maximum atomic E-state index is 12.4. The van der Waals surface area contributed by atoms with Crippen LogP contribution in [0.15, 0.2) is 48.5 Å². The van der Waals surface area contributed by atoms with Gasteiger partial charge in [-0.15, -0.1) is 0 Å². The number of rotatable bonds is 7. The van der Waals surface area contributed by atoms with Gasteiger partial charge < -0.3 is 25.4 Å². The SMILES string of the molecule is CC(C)(C)OC(=O)N1CCN(CCc2ccc(NC(=O)NCc3ccc(Cl)cc3)cc2)C[C@@H]1CO. The van der Waals surface area contributed by atoms with Crippen LogP contribution in [0.3, 0.4) is 0 Å². The monoisotopic (exact) mass is 502 g/mol. The first kappa shape index (κ1) is 26.8.